The normalized spacial score (nSPS) is 11.0. The van der Waals surface area contributed by atoms with Crippen LogP contribution in [-0.4, -0.2) is 31.6 Å². The number of oxazole rings is 1. The highest BCUT2D eigenvalue weighted by Crippen LogP contribution is 2.14. The second kappa shape index (κ2) is 10.3. The van der Waals surface area contributed by atoms with E-state index in [1.165, 1.54) is 11.3 Å². The van der Waals surface area contributed by atoms with Gasteiger partial charge in [0.1, 0.15) is 5.76 Å². The van der Waals surface area contributed by atoms with Gasteiger partial charge < -0.3 is 20.0 Å². The molecule has 0 saturated heterocycles. The van der Waals surface area contributed by atoms with Crippen LogP contribution in [0, 0.1) is 13.8 Å². The molecule has 1 heterocycles. The number of rotatable bonds is 6. The Morgan fingerprint density at radius 2 is 2.00 bits per heavy atom. The van der Waals surface area contributed by atoms with Crippen molar-refractivity contribution < 1.29 is 4.42 Å². The first kappa shape index (κ1) is 21.3. The molecule has 0 atom stereocenters. The lowest BCUT2D eigenvalue weighted by Gasteiger charge is -2.13. The van der Waals surface area contributed by atoms with Crippen molar-refractivity contribution in [2.75, 3.05) is 25.5 Å². The SMILES string of the molecule is CCNC(=NCc1cccc(N(C)C)c1)NCc1nc(C)c(C)o1.I. The first-order chi connectivity index (χ1) is 11.5. The van der Waals surface area contributed by atoms with Crippen molar-refractivity contribution in [3.05, 3.63) is 47.2 Å². The Kier molecular flexibility index (Phi) is 8.74. The van der Waals surface area contributed by atoms with Crippen molar-refractivity contribution in [2.45, 2.75) is 33.9 Å². The summed E-state index contributed by atoms with van der Waals surface area (Å²) in [5.74, 6) is 2.28. The van der Waals surface area contributed by atoms with Crippen molar-refractivity contribution in [3.63, 3.8) is 0 Å². The number of benzene rings is 1. The average Bonchev–Trinajstić information content (AvgIpc) is 2.88. The molecular weight excluding hydrogens is 429 g/mol. The summed E-state index contributed by atoms with van der Waals surface area (Å²) >= 11 is 0. The summed E-state index contributed by atoms with van der Waals surface area (Å²) in [5.41, 5.74) is 3.27. The first-order valence-electron chi connectivity index (χ1n) is 8.21. The van der Waals surface area contributed by atoms with Crippen molar-refractivity contribution in [1.29, 1.82) is 0 Å². The lowest BCUT2D eigenvalue weighted by Crippen LogP contribution is -2.36. The number of nitrogens with one attached hydrogen (secondary N) is 2. The van der Waals surface area contributed by atoms with Crippen LogP contribution >= 0.6 is 24.0 Å². The van der Waals surface area contributed by atoms with E-state index in [0.717, 1.165) is 24.0 Å². The van der Waals surface area contributed by atoms with E-state index < -0.39 is 0 Å². The standard InChI is InChI=1S/C18H27N5O.HI/c1-6-19-18(21-12-17-22-13(2)14(3)24-17)20-11-15-8-7-9-16(10-15)23(4)5;/h7-10H,6,11-12H2,1-5H3,(H2,19,20,21);1H. The molecule has 0 bridgehead atoms. The zero-order chi connectivity index (χ0) is 17.5. The molecule has 2 rings (SSSR count). The maximum absolute atomic E-state index is 5.59. The number of nitrogens with zero attached hydrogens (tertiary/aromatic N) is 3. The van der Waals surface area contributed by atoms with E-state index in [9.17, 15) is 0 Å². The Bertz CT molecular complexity index is 677. The summed E-state index contributed by atoms with van der Waals surface area (Å²) in [6, 6.07) is 8.37. The molecule has 0 aliphatic heterocycles. The van der Waals surface area contributed by atoms with Crippen LogP contribution in [0.4, 0.5) is 5.69 Å². The van der Waals surface area contributed by atoms with Gasteiger partial charge in [0.2, 0.25) is 5.89 Å². The first-order valence-corrected chi connectivity index (χ1v) is 8.21. The largest absolute Gasteiger partial charge is 0.444 e. The summed E-state index contributed by atoms with van der Waals surface area (Å²) in [4.78, 5) is 11.1. The Morgan fingerprint density at radius 3 is 2.60 bits per heavy atom. The number of hydrogen-bond donors (Lipinski definition) is 2. The molecule has 0 radical (unpaired) electrons. The second-order valence-electron chi connectivity index (χ2n) is 5.86. The fourth-order valence-electron chi connectivity index (χ4n) is 2.22. The van der Waals surface area contributed by atoms with Gasteiger partial charge in [0.05, 0.1) is 18.8 Å². The predicted molar refractivity (Wildman–Crippen MR) is 114 cm³/mol. The summed E-state index contributed by atoms with van der Waals surface area (Å²) in [5, 5.41) is 6.50. The van der Waals surface area contributed by atoms with Gasteiger partial charge in [-0.15, -0.1) is 24.0 Å². The molecule has 2 aromatic rings. The fraction of sp³-hybridized carbons (Fsp3) is 0.444. The van der Waals surface area contributed by atoms with E-state index in [2.05, 4.69) is 49.8 Å². The van der Waals surface area contributed by atoms with Gasteiger partial charge in [0, 0.05) is 26.3 Å². The lowest BCUT2D eigenvalue weighted by atomic mass is 10.2. The van der Waals surface area contributed by atoms with Crippen molar-refractivity contribution in [1.82, 2.24) is 15.6 Å². The zero-order valence-corrected chi connectivity index (χ0v) is 17.9. The van der Waals surface area contributed by atoms with E-state index in [-0.39, 0.29) is 24.0 Å². The monoisotopic (exact) mass is 457 g/mol. The minimum absolute atomic E-state index is 0. The van der Waals surface area contributed by atoms with Crippen molar-refractivity contribution in [2.24, 2.45) is 4.99 Å². The number of aromatic nitrogens is 1. The molecule has 6 nitrogen and oxygen atoms in total. The van der Waals surface area contributed by atoms with Crippen molar-refractivity contribution in [3.8, 4) is 0 Å². The van der Waals surface area contributed by atoms with Crippen LogP contribution < -0.4 is 15.5 Å². The highest BCUT2D eigenvalue weighted by atomic mass is 127. The molecule has 0 fully saturated rings. The van der Waals surface area contributed by atoms with Gasteiger partial charge in [-0.2, -0.15) is 0 Å². The molecule has 1 aromatic carbocycles. The summed E-state index contributed by atoms with van der Waals surface area (Å²) in [6.07, 6.45) is 0. The number of halogens is 1. The van der Waals surface area contributed by atoms with E-state index >= 15 is 0 Å². The zero-order valence-electron chi connectivity index (χ0n) is 15.6. The van der Waals surface area contributed by atoms with Crippen LogP contribution in [0.25, 0.3) is 0 Å². The smallest absolute Gasteiger partial charge is 0.214 e. The van der Waals surface area contributed by atoms with Gasteiger partial charge in [-0.1, -0.05) is 12.1 Å². The Hall–Kier alpha value is -1.77. The summed E-state index contributed by atoms with van der Waals surface area (Å²) in [7, 11) is 4.07. The van der Waals surface area contributed by atoms with Gasteiger partial charge in [-0.3, -0.25) is 0 Å². The van der Waals surface area contributed by atoms with Gasteiger partial charge in [-0.05, 0) is 38.5 Å². The predicted octanol–water partition coefficient (Wildman–Crippen LogP) is 3.23. The van der Waals surface area contributed by atoms with Crippen LogP contribution in [0.3, 0.4) is 0 Å². The number of aryl methyl sites for hydroxylation is 2. The Labute approximate surface area is 167 Å². The van der Waals surface area contributed by atoms with Gasteiger partial charge >= 0.3 is 0 Å². The Morgan fingerprint density at radius 1 is 1.24 bits per heavy atom. The van der Waals surface area contributed by atoms with Gasteiger partial charge in [-0.25, -0.2) is 9.98 Å². The fourth-order valence-corrected chi connectivity index (χ4v) is 2.22. The van der Waals surface area contributed by atoms with Crippen molar-refractivity contribution >= 4 is 35.6 Å². The summed E-state index contributed by atoms with van der Waals surface area (Å²) < 4.78 is 5.59. The molecule has 0 amide bonds. The van der Waals surface area contributed by atoms with Crippen LogP contribution in [0.5, 0.6) is 0 Å². The van der Waals surface area contributed by atoms with E-state index in [1.54, 1.807) is 0 Å². The molecule has 2 N–H and O–H groups in total. The quantitative estimate of drug-likeness (QED) is 0.396. The molecule has 0 unspecified atom stereocenters. The molecular formula is C18H28IN5O. The van der Waals surface area contributed by atoms with Crippen LogP contribution in [0.1, 0.15) is 29.8 Å². The third-order valence-electron chi connectivity index (χ3n) is 3.67. The molecule has 0 aliphatic carbocycles. The van der Waals surface area contributed by atoms with E-state index in [4.69, 9.17) is 4.42 Å². The van der Waals surface area contributed by atoms with Crippen LogP contribution in [-0.2, 0) is 13.1 Å². The minimum atomic E-state index is 0. The number of anilines is 1. The van der Waals surface area contributed by atoms with Crippen LogP contribution in [0.15, 0.2) is 33.7 Å². The van der Waals surface area contributed by atoms with E-state index in [1.807, 2.05) is 34.9 Å². The van der Waals surface area contributed by atoms with Crippen LogP contribution in [0.2, 0.25) is 0 Å². The molecule has 0 saturated carbocycles. The highest BCUT2D eigenvalue weighted by Gasteiger charge is 2.06. The third-order valence-corrected chi connectivity index (χ3v) is 3.67. The maximum atomic E-state index is 5.59. The summed E-state index contributed by atoms with van der Waals surface area (Å²) in [6.45, 7) is 7.83. The molecule has 1 aromatic heterocycles. The topological polar surface area (TPSA) is 65.7 Å². The third kappa shape index (κ3) is 6.56. The lowest BCUT2D eigenvalue weighted by molar-refractivity contribution is 0.463. The molecule has 0 spiro atoms. The van der Waals surface area contributed by atoms with Gasteiger partial charge in [0.15, 0.2) is 5.96 Å². The van der Waals surface area contributed by atoms with Gasteiger partial charge in [0.25, 0.3) is 0 Å². The number of guanidine groups is 1. The second-order valence-corrected chi connectivity index (χ2v) is 5.86. The Balaban J connectivity index is 0.00000312. The average molecular weight is 457 g/mol. The highest BCUT2D eigenvalue weighted by molar-refractivity contribution is 14.0. The maximum Gasteiger partial charge on any atom is 0.214 e. The molecule has 138 valence electrons. The number of hydrogen-bond acceptors (Lipinski definition) is 4. The number of aliphatic imine (C=N–C) groups is 1. The van der Waals surface area contributed by atoms with E-state index in [0.29, 0.717) is 19.0 Å². The molecule has 0 aliphatic rings. The molecule has 25 heavy (non-hydrogen) atoms. The molecule has 7 heteroatoms. The minimum Gasteiger partial charge on any atom is -0.444 e.